The molecule has 2 heterocycles. The summed E-state index contributed by atoms with van der Waals surface area (Å²) >= 11 is 1.68. The van der Waals surface area contributed by atoms with Gasteiger partial charge in [0.05, 0.1) is 0 Å². The molecule has 0 unspecified atom stereocenters. The molecule has 0 atom stereocenters. The van der Waals surface area contributed by atoms with Crippen molar-refractivity contribution in [2.75, 3.05) is 6.54 Å². The van der Waals surface area contributed by atoms with E-state index in [0.717, 1.165) is 18.4 Å². The highest BCUT2D eigenvalue weighted by molar-refractivity contribution is 7.07. The lowest BCUT2D eigenvalue weighted by Crippen LogP contribution is -2.17. The maximum atomic E-state index is 11.3. The van der Waals surface area contributed by atoms with E-state index in [9.17, 15) is 9.90 Å². The Kier molecular flexibility index (Phi) is 4.03. The molecular formula is C16H15NO3S. The first-order valence-electron chi connectivity index (χ1n) is 6.71. The second kappa shape index (κ2) is 6.11. The van der Waals surface area contributed by atoms with Gasteiger partial charge in [-0.05, 0) is 41.4 Å². The average Bonchev–Trinajstić information content (AvgIpc) is 3.11. The van der Waals surface area contributed by atoms with Crippen molar-refractivity contribution in [3.63, 3.8) is 0 Å². The zero-order chi connectivity index (χ0) is 14.7. The van der Waals surface area contributed by atoms with E-state index in [1.807, 2.05) is 18.2 Å². The third-order valence-corrected chi connectivity index (χ3v) is 4.10. The predicted octanol–water partition coefficient (Wildman–Crippen LogP) is 3.52. The molecule has 21 heavy (non-hydrogen) atoms. The van der Waals surface area contributed by atoms with Gasteiger partial charge in [-0.2, -0.15) is 11.3 Å². The quantitative estimate of drug-likeness (QED) is 0.684. The average molecular weight is 301 g/mol. The fourth-order valence-corrected chi connectivity index (χ4v) is 3.03. The van der Waals surface area contributed by atoms with Crippen LogP contribution in [0.4, 0.5) is 0 Å². The van der Waals surface area contributed by atoms with E-state index in [0.29, 0.717) is 17.7 Å². The van der Waals surface area contributed by atoms with Gasteiger partial charge in [0.1, 0.15) is 5.58 Å². The molecule has 0 aliphatic rings. The molecule has 2 aromatic heterocycles. The molecule has 3 rings (SSSR count). The lowest BCUT2D eigenvalue weighted by molar-refractivity contribution is 0.0663. The number of fused-ring (bicyclic) bond motifs is 1. The van der Waals surface area contributed by atoms with Gasteiger partial charge in [-0.3, -0.25) is 0 Å². The Bertz CT molecular complexity index is 746. The highest BCUT2D eigenvalue weighted by Gasteiger charge is 2.18. The number of carbonyl (C=O) groups is 1. The first-order chi connectivity index (χ1) is 10.3. The van der Waals surface area contributed by atoms with Gasteiger partial charge in [-0.15, -0.1) is 0 Å². The summed E-state index contributed by atoms with van der Waals surface area (Å²) in [5.74, 6) is -1.000. The van der Waals surface area contributed by atoms with Gasteiger partial charge in [0.2, 0.25) is 5.76 Å². The van der Waals surface area contributed by atoms with Crippen LogP contribution in [0.15, 0.2) is 45.5 Å². The predicted molar refractivity (Wildman–Crippen MR) is 82.9 cm³/mol. The van der Waals surface area contributed by atoms with Crippen molar-refractivity contribution in [1.82, 2.24) is 5.32 Å². The molecule has 0 spiro atoms. The van der Waals surface area contributed by atoms with E-state index in [1.165, 1.54) is 5.56 Å². The zero-order valence-corrected chi connectivity index (χ0v) is 12.2. The summed E-state index contributed by atoms with van der Waals surface area (Å²) in [6.07, 6.45) is 0.932. The molecule has 0 fully saturated rings. The third kappa shape index (κ3) is 2.99. The summed E-state index contributed by atoms with van der Waals surface area (Å²) < 4.78 is 5.43. The molecule has 3 aromatic rings. The van der Waals surface area contributed by atoms with Crippen LogP contribution in [0.1, 0.15) is 21.7 Å². The third-order valence-electron chi connectivity index (χ3n) is 3.36. The molecule has 0 amide bonds. The van der Waals surface area contributed by atoms with Crippen molar-refractivity contribution in [2.24, 2.45) is 0 Å². The molecule has 0 bridgehead atoms. The molecule has 0 aliphatic heterocycles. The number of benzene rings is 1. The molecule has 0 saturated carbocycles. The SMILES string of the molecule is O=C(O)c1oc2ccccc2c1CNCCc1ccsc1. The number of aromatic carboxylic acids is 1. The van der Waals surface area contributed by atoms with Crippen LogP contribution in [-0.4, -0.2) is 17.6 Å². The van der Waals surface area contributed by atoms with Crippen LogP contribution in [-0.2, 0) is 13.0 Å². The monoisotopic (exact) mass is 301 g/mol. The van der Waals surface area contributed by atoms with Crippen LogP contribution < -0.4 is 5.32 Å². The summed E-state index contributed by atoms with van der Waals surface area (Å²) in [6.45, 7) is 1.29. The fraction of sp³-hybridized carbons (Fsp3) is 0.188. The van der Waals surface area contributed by atoms with E-state index < -0.39 is 5.97 Å². The summed E-state index contributed by atoms with van der Waals surface area (Å²) in [5, 5.41) is 17.6. The minimum atomic E-state index is -1.03. The summed E-state index contributed by atoms with van der Waals surface area (Å²) in [7, 11) is 0. The minimum absolute atomic E-state index is 0.0271. The smallest absolute Gasteiger partial charge is 0.372 e. The van der Waals surface area contributed by atoms with Gasteiger partial charge in [0.25, 0.3) is 0 Å². The maximum absolute atomic E-state index is 11.3. The topological polar surface area (TPSA) is 62.5 Å². The van der Waals surface area contributed by atoms with Crippen LogP contribution in [0.2, 0.25) is 0 Å². The van der Waals surface area contributed by atoms with E-state index in [-0.39, 0.29) is 5.76 Å². The highest BCUT2D eigenvalue weighted by Crippen LogP contribution is 2.25. The van der Waals surface area contributed by atoms with E-state index in [1.54, 1.807) is 17.4 Å². The second-order valence-electron chi connectivity index (χ2n) is 4.77. The Morgan fingerprint density at radius 2 is 2.14 bits per heavy atom. The summed E-state index contributed by atoms with van der Waals surface area (Å²) in [5.41, 5.74) is 2.62. The normalized spacial score (nSPS) is 11.0. The van der Waals surface area contributed by atoms with E-state index in [4.69, 9.17) is 4.42 Å². The lowest BCUT2D eigenvalue weighted by Gasteiger charge is -2.03. The molecule has 0 aliphatic carbocycles. The fourth-order valence-electron chi connectivity index (χ4n) is 2.33. The number of carboxylic acids is 1. The Balaban J connectivity index is 1.73. The zero-order valence-electron chi connectivity index (χ0n) is 11.3. The van der Waals surface area contributed by atoms with E-state index >= 15 is 0 Å². The van der Waals surface area contributed by atoms with Crippen molar-refractivity contribution in [3.8, 4) is 0 Å². The van der Waals surface area contributed by atoms with Gasteiger partial charge < -0.3 is 14.8 Å². The van der Waals surface area contributed by atoms with Crippen LogP contribution >= 0.6 is 11.3 Å². The number of rotatable bonds is 6. The van der Waals surface area contributed by atoms with Crippen LogP contribution in [0.25, 0.3) is 11.0 Å². The molecule has 108 valence electrons. The van der Waals surface area contributed by atoms with Crippen molar-refractivity contribution in [3.05, 3.63) is 58.0 Å². The van der Waals surface area contributed by atoms with Gasteiger partial charge in [0, 0.05) is 17.5 Å². The standard InChI is InChI=1S/C16H15NO3S/c18-16(19)15-13(12-3-1-2-4-14(12)20-15)9-17-7-5-11-6-8-21-10-11/h1-4,6,8,10,17H,5,7,9H2,(H,18,19). The number of para-hydroxylation sites is 1. The number of thiophene rings is 1. The number of hydrogen-bond acceptors (Lipinski definition) is 4. The Morgan fingerprint density at radius 1 is 1.29 bits per heavy atom. The number of hydrogen-bond donors (Lipinski definition) is 2. The maximum Gasteiger partial charge on any atom is 0.372 e. The summed E-state index contributed by atoms with van der Waals surface area (Å²) in [6, 6.07) is 9.50. The number of carboxylic acid groups (broad SMARTS) is 1. The highest BCUT2D eigenvalue weighted by atomic mass is 32.1. The van der Waals surface area contributed by atoms with Crippen LogP contribution in [0.3, 0.4) is 0 Å². The van der Waals surface area contributed by atoms with Crippen molar-refractivity contribution >= 4 is 28.3 Å². The summed E-state index contributed by atoms with van der Waals surface area (Å²) in [4.78, 5) is 11.3. The lowest BCUT2D eigenvalue weighted by atomic mass is 10.1. The first-order valence-corrected chi connectivity index (χ1v) is 7.65. The van der Waals surface area contributed by atoms with Crippen molar-refractivity contribution < 1.29 is 14.3 Å². The second-order valence-corrected chi connectivity index (χ2v) is 5.55. The van der Waals surface area contributed by atoms with Crippen LogP contribution in [0.5, 0.6) is 0 Å². The molecule has 5 heteroatoms. The molecule has 0 radical (unpaired) electrons. The van der Waals surface area contributed by atoms with Crippen molar-refractivity contribution in [2.45, 2.75) is 13.0 Å². The molecular weight excluding hydrogens is 286 g/mol. The largest absolute Gasteiger partial charge is 0.475 e. The Morgan fingerprint density at radius 3 is 2.90 bits per heavy atom. The molecule has 1 aromatic carbocycles. The van der Waals surface area contributed by atoms with Gasteiger partial charge in [-0.25, -0.2) is 4.79 Å². The Hall–Kier alpha value is -2.11. The molecule has 4 nitrogen and oxygen atoms in total. The number of nitrogens with one attached hydrogen (secondary N) is 1. The van der Waals surface area contributed by atoms with Crippen molar-refractivity contribution in [1.29, 1.82) is 0 Å². The molecule has 2 N–H and O–H groups in total. The first kappa shape index (κ1) is 13.9. The Labute approximate surface area is 126 Å². The minimum Gasteiger partial charge on any atom is -0.475 e. The van der Waals surface area contributed by atoms with Crippen LogP contribution in [0, 0.1) is 0 Å². The number of furan rings is 1. The van der Waals surface area contributed by atoms with E-state index in [2.05, 4.69) is 22.1 Å². The van der Waals surface area contributed by atoms with Gasteiger partial charge >= 0.3 is 5.97 Å². The molecule has 0 saturated heterocycles. The van der Waals surface area contributed by atoms with Gasteiger partial charge in [0.15, 0.2) is 0 Å². The van der Waals surface area contributed by atoms with Gasteiger partial charge in [-0.1, -0.05) is 18.2 Å².